The summed E-state index contributed by atoms with van der Waals surface area (Å²) >= 11 is 5.76. The molecule has 5 heteroatoms. The summed E-state index contributed by atoms with van der Waals surface area (Å²) in [6, 6.07) is 4.78. The van der Waals surface area contributed by atoms with Gasteiger partial charge in [0.05, 0.1) is 0 Å². The van der Waals surface area contributed by atoms with Crippen LogP contribution < -0.4 is 5.73 Å². The Bertz CT molecular complexity index is 441. The van der Waals surface area contributed by atoms with Gasteiger partial charge in [0.15, 0.2) is 0 Å². The largest absolute Gasteiger partial charge is 0.324 e. The van der Waals surface area contributed by atoms with Crippen LogP contribution in [0, 0.1) is 5.82 Å². The van der Waals surface area contributed by atoms with Crippen LogP contribution in [0.5, 0.6) is 0 Å². The summed E-state index contributed by atoms with van der Waals surface area (Å²) in [5.74, 6) is -0.313. The molecule has 1 saturated heterocycles. The summed E-state index contributed by atoms with van der Waals surface area (Å²) in [7, 11) is 4.21. The third-order valence-corrected chi connectivity index (χ3v) is 4.10. The highest BCUT2D eigenvalue weighted by Gasteiger charge is 2.25. The Hall–Kier alpha value is -0.680. The van der Waals surface area contributed by atoms with Crippen molar-refractivity contribution in [1.29, 1.82) is 0 Å². The van der Waals surface area contributed by atoms with Crippen LogP contribution in [-0.4, -0.2) is 49.6 Å². The zero-order valence-corrected chi connectivity index (χ0v) is 12.2. The van der Waals surface area contributed by atoms with E-state index in [4.69, 9.17) is 17.3 Å². The van der Waals surface area contributed by atoms with Crippen LogP contribution in [0.15, 0.2) is 18.2 Å². The van der Waals surface area contributed by atoms with E-state index in [1.54, 1.807) is 12.1 Å². The molecule has 0 bridgehead atoms. The maximum Gasteiger partial charge on any atom is 0.129 e. The fourth-order valence-corrected chi connectivity index (χ4v) is 2.74. The molecule has 2 rings (SSSR count). The number of hydrogen-bond donors (Lipinski definition) is 1. The van der Waals surface area contributed by atoms with E-state index in [9.17, 15) is 4.39 Å². The molecule has 0 spiro atoms. The molecule has 0 amide bonds. The highest BCUT2D eigenvalue weighted by atomic mass is 35.5. The fourth-order valence-electron chi connectivity index (χ4n) is 2.58. The molecule has 0 radical (unpaired) electrons. The molecule has 106 valence electrons. The maximum atomic E-state index is 13.8. The van der Waals surface area contributed by atoms with Crippen molar-refractivity contribution >= 4 is 11.6 Å². The predicted octanol–water partition coefficient (Wildman–Crippen LogP) is 2.11. The molecule has 2 unspecified atom stereocenters. The van der Waals surface area contributed by atoms with Gasteiger partial charge in [0, 0.05) is 42.3 Å². The lowest BCUT2D eigenvalue weighted by Crippen LogP contribution is -2.50. The van der Waals surface area contributed by atoms with Crippen LogP contribution in [0.2, 0.25) is 5.02 Å². The number of nitrogens with two attached hydrogens (primary N) is 1. The van der Waals surface area contributed by atoms with Crippen LogP contribution in [0.4, 0.5) is 4.39 Å². The van der Waals surface area contributed by atoms with E-state index in [0.29, 0.717) is 16.6 Å². The second-order valence-corrected chi connectivity index (χ2v) is 5.84. The lowest BCUT2D eigenvalue weighted by atomic mass is 9.97. The summed E-state index contributed by atoms with van der Waals surface area (Å²) in [6.45, 7) is 3.06. The molecule has 2 atom stereocenters. The first-order chi connectivity index (χ1) is 8.97. The molecular formula is C14H21ClFN3. The minimum atomic E-state index is -0.313. The van der Waals surface area contributed by atoms with Crippen molar-refractivity contribution in [3.05, 3.63) is 34.6 Å². The Morgan fingerprint density at radius 3 is 2.84 bits per heavy atom. The van der Waals surface area contributed by atoms with Crippen molar-refractivity contribution < 1.29 is 4.39 Å². The van der Waals surface area contributed by atoms with Gasteiger partial charge in [-0.25, -0.2) is 4.39 Å². The van der Waals surface area contributed by atoms with Gasteiger partial charge in [-0.05, 0) is 32.6 Å². The Labute approximate surface area is 119 Å². The predicted molar refractivity (Wildman–Crippen MR) is 76.9 cm³/mol. The molecule has 1 aromatic rings. The average molecular weight is 286 g/mol. The molecule has 2 N–H and O–H groups in total. The number of nitrogens with zero attached hydrogens (tertiary/aromatic N) is 2. The molecule has 1 aliphatic rings. The Morgan fingerprint density at radius 1 is 1.42 bits per heavy atom. The summed E-state index contributed by atoms with van der Waals surface area (Å²) in [6.07, 6.45) is 0.749. The second kappa shape index (κ2) is 6.18. The Balaban J connectivity index is 2.05. The highest BCUT2D eigenvalue weighted by Crippen LogP contribution is 2.24. The van der Waals surface area contributed by atoms with Gasteiger partial charge in [-0.1, -0.05) is 17.7 Å². The molecule has 1 aliphatic heterocycles. The summed E-state index contributed by atoms with van der Waals surface area (Å²) in [5.41, 5.74) is 6.70. The normalized spacial score (nSPS) is 23.5. The zero-order valence-electron chi connectivity index (χ0n) is 11.4. The zero-order chi connectivity index (χ0) is 14.0. The van der Waals surface area contributed by atoms with Crippen LogP contribution in [0.3, 0.4) is 0 Å². The van der Waals surface area contributed by atoms with E-state index in [0.717, 1.165) is 26.1 Å². The van der Waals surface area contributed by atoms with Crippen LogP contribution in [0.1, 0.15) is 18.0 Å². The maximum absolute atomic E-state index is 13.8. The van der Waals surface area contributed by atoms with Crippen LogP contribution in [-0.2, 0) is 0 Å². The van der Waals surface area contributed by atoms with Crippen molar-refractivity contribution in [2.45, 2.75) is 18.5 Å². The van der Waals surface area contributed by atoms with Crippen molar-refractivity contribution in [3.8, 4) is 0 Å². The SMILES string of the molecule is CN1CCN(C)C(CC(N)c2ccc(Cl)cc2F)C1. The molecule has 1 fully saturated rings. The van der Waals surface area contributed by atoms with Gasteiger partial charge in [-0.15, -0.1) is 0 Å². The van der Waals surface area contributed by atoms with Gasteiger partial charge >= 0.3 is 0 Å². The van der Waals surface area contributed by atoms with E-state index in [1.165, 1.54) is 6.07 Å². The van der Waals surface area contributed by atoms with Crippen molar-refractivity contribution in [2.75, 3.05) is 33.7 Å². The van der Waals surface area contributed by atoms with Gasteiger partial charge in [0.2, 0.25) is 0 Å². The minimum absolute atomic E-state index is 0.295. The highest BCUT2D eigenvalue weighted by molar-refractivity contribution is 6.30. The molecule has 19 heavy (non-hydrogen) atoms. The summed E-state index contributed by atoms with van der Waals surface area (Å²) in [4.78, 5) is 4.59. The lowest BCUT2D eigenvalue weighted by molar-refractivity contribution is 0.104. The second-order valence-electron chi connectivity index (χ2n) is 5.40. The van der Waals surface area contributed by atoms with Gasteiger partial charge in [-0.2, -0.15) is 0 Å². The van der Waals surface area contributed by atoms with Gasteiger partial charge < -0.3 is 15.5 Å². The first-order valence-corrected chi connectivity index (χ1v) is 6.94. The van der Waals surface area contributed by atoms with E-state index in [1.807, 2.05) is 0 Å². The van der Waals surface area contributed by atoms with Crippen molar-refractivity contribution in [1.82, 2.24) is 9.80 Å². The van der Waals surface area contributed by atoms with E-state index in [-0.39, 0.29) is 11.9 Å². The number of rotatable bonds is 3. The van der Waals surface area contributed by atoms with E-state index < -0.39 is 0 Å². The van der Waals surface area contributed by atoms with Crippen LogP contribution >= 0.6 is 11.6 Å². The smallest absolute Gasteiger partial charge is 0.129 e. The lowest BCUT2D eigenvalue weighted by Gasteiger charge is -2.38. The molecular weight excluding hydrogens is 265 g/mol. The Kier molecular flexibility index (Phi) is 4.79. The van der Waals surface area contributed by atoms with Gasteiger partial charge in [0.25, 0.3) is 0 Å². The number of benzene rings is 1. The Morgan fingerprint density at radius 2 is 2.16 bits per heavy atom. The van der Waals surface area contributed by atoms with Crippen LogP contribution in [0.25, 0.3) is 0 Å². The number of piperazine rings is 1. The molecule has 0 saturated carbocycles. The van der Waals surface area contributed by atoms with Crippen molar-refractivity contribution in [3.63, 3.8) is 0 Å². The minimum Gasteiger partial charge on any atom is -0.324 e. The first kappa shape index (κ1) is 14.7. The van der Waals surface area contributed by atoms with Gasteiger partial charge in [-0.3, -0.25) is 0 Å². The monoisotopic (exact) mass is 285 g/mol. The van der Waals surface area contributed by atoms with Crippen molar-refractivity contribution in [2.24, 2.45) is 5.73 Å². The summed E-state index contributed by atoms with van der Waals surface area (Å²) < 4.78 is 13.8. The number of hydrogen-bond acceptors (Lipinski definition) is 3. The number of halogens is 2. The van der Waals surface area contributed by atoms with E-state index >= 15 is 0 Å². The first-order valence-electron chi connectivity index (χ1n) is 6.56. The fraction of sp³-hybridized carbons (Fsp3) is 0.571. The number of likely N-dealkylation sites (N-methyl/N-ethyl adjacent to an activating group) is 2. The average Bonchev–Trinajstić information content (AvgIpc) is 2.33. The molecule has 1 aromatic carbocycles. The molecule has 0 aliphatic carbocycles. The molecule has 1 heterocycles. The van der Waals surface area contributed by atoms with E-state index in [2.05, 4.69) is 23.9 Å². The quantitative estimate of drug-likeness (QED) is 0.923. The summed E-state index contributed by atoms with van der Waals surface area (Å²) in [5, 5.41) is 0.406. The van der Waals surface area contributed by atoms with Gasteiger partial charge in [0.1, 0.15) is 5.82 Å². The standard InChI is InChI=1S/C14H21ClFN3/c1-18-5-6-19(2)11(9-18)8-14(17)12-4-3-10(15)7-13(12)16/h3-4,7,11,14H,5-6,8-9,17H2,1-2H3. The third-order valence-electron chi connectivity index (χ3n) is 3.87. The third kappa shape index (κ3) is 3.66. The topological polar surface area (TPSA) is 32.5 Å². The molecule has 0 aromatic heterocycles. The molecule has 3 nitrogen and oxygen atoms in total.